The number of phenols is 2. The van der Waals surface area contributed by atoms with Crippen molar-refractivity contribution in [3.8, 4) is 11.5 Å². The highest BCUT2D eigenvalue weighted by Crippen LogP contribution is 2.21. The van der Waals surface area contributed by atoms with Gasteiger partial charge in [0.15, 0.2) is 5.78 Å². The van der Waals surface area contributed by atoms with Gasteiger partial charge in [-0.25, -0.2) is 0 Å². The molecule has 1 fully saturated rings. The van der Waals surface area contributed by atoms with E-state index in [0.717, 1.165) is 11.1 Å². The van der Waals surface area contributed by atoms with Gasteiger partial charge < -0.3 is 20.1 Å². The molecule has 5 nitrogen and oxygen atoms in total. The maximum absolute atomic E-state index is 12.6. The number of ketones is 1. The largest absolute Gasteiger partial charge is 0.508 e. The summed E-state index contributed by atoms with van der Waals surface area (Å²) in [5.74, 6) is -0.114. The normalized spacial score (nSPS) is 18.5. The van der Waals surface area contributed by atoms with Gasteiger partial charge in [-0.3, -0.25) is 4.79 Å². The number of allylic oxidation sites excluding steroid dienone is 1. The molecule has 3 rings (SSSR count). The van der Waals surface area contributed by atoms with Crippen LogP contribution >= 0.6 is 0 Å². The van der Waals surface area contributed by atoms with Crippen LogP contribution in [0.3, 0.4) is 0 Å². The number of carbonyl (C=O) groups excluding carboxylic acids is 1. The summed E-state index contributed by atoms with van der Waals surface area (Å²) in [6.45, 7) is 0.204. The molecule has 0 amide bonds. The van der Waals surface area contributed by atoms with Crippen LogP contribution in [0.1, 0.15) is 11.1 Å². The standard InChI is InChI=1S/C21H18O5/c22-17-6-1-14(2-7-17)5-10-20(24)19-13-26-12-16(21(19)25)11-15-3-8-18(23)9-4-15/h1-11,22-24H,12-13H2/b10-5+,16-11+,20-19-. The van der Waals surface area contributed by atoms with Crippen molar-refractivity contribution in [1.82, 2.24) is 0 Å². The molecular weight excluding hydrogens is 332 g/mol. The predicted octanol–water partition coefficient (Wildman–Crippen LogP) is 3.61. The predicted molar refractivity (Wildman–Crippen MR) is 98.7 cm³/mol. The van der Waals surface area contributed by atoms with Gasteiger partial charge in [-0.15, -0.1) is 0 Å². The summed E-state index contributed by atoms with van der Waals surface area (Å²) in [5, 5.41) is 28.9. The molecule has 132 valence electrons. The molecule has 0 aromatic heterocycles. The van der Waals surface area contributed by atoms with Crippen molar-refractivity contribution >= 4 is 17.9 Å². The highest BCUT2D eigenvalue weighted by molar-refractivity contribution is 6.12. The molecule has 5 heteroatoms. The molecule has 1 heterocycles. The fraction of sp³-hybridized carbons (Fsp3) is 0.0952. The molecule has 26 heavy (non-hydrogen) atoms. The van der Waals surface area contributed by atoms with Gasteiger partial charge in [0.05, 0.1) is 18.8 Å². The molecule has 3 N–H and O–H groups in total. The van der Waals surface area contributed by atoms with Gasteiger partial charge in [-0.1, -0.05) is 30.3 Å². The number of carbonyl (C=O) groups is 1. The quantitative estimate of drug-likeness (QED) is 0.581. The highest BCUT2D eigenvalue weighted by atomic mass is 16.5. The average Bonchev–Trinajstić information content (AvgIpc) is 2.64. The van der Waals surface area contributed by atoms with Crippen LogP contribution in [-0.4, -0.2) is 34.3 Å². The van der Waals surface area contributed by atoms with Crippen LogP contribution in [0.5, 0.6) is 11.5 Å². The number of rotatable bonds is 3. The van der Waals surface area contributed by atoms with E-state index >= 15 is 0 Å². The summed E-state index contributed by atoms with van der Waals surface area (Å²) in [6.07, 6.45) is 4.76. The number of hydrogen-bond donors (Lipinski definition) is 3. The second kappa shape index (κ2) is 7.72. The van der Waals surface area contributed by atoms with E-state index in [2.05, 4.69) is 0 Å². The molecule has 0 unspecified atom stereocenters. The van der Waals surface area contributed by atoms with Crippen molar-refractivity contribution in [2.24, 2.45) is 0 Å². The number of aliphatic hydroxyl groups excluding tert-OH is 1. The minimum absolute atomic E-state index is 0.0392. The molecule has 0 aliphatic carbocycles. The summed E-state index contributed by atoms with van der Waals surface area (Å²) in [4.78, 5) is 12.6. The van der Waals surface area contributed by atoms with Crippen LogP contribution in [-0.2, 0) is 9.53 Å². The van der Waals surface area contributed by atoms with Crippen molar-refractivity contribution < 1.29 is 24.9 Å². The smallest absolute Gasteiger partial charge is 0.193 e. The first-order valence-electron chi connectivity index (χ1n) is 8.04. The van der Waals surface area contributed by atoms with Crippen molar-refractivity contribution in [1.29, 1.82) is 0 Å². The Kier molecular flexibility index (Phi) is 5.20. The first-order valence-corrected chi connectivity index (χ1v) is 8.04. The maximum Gasteiger partial charge on any atom is 0.193 e. The summed E-state index contributed by atoms with van der Waals surface area (Å²) in [7, 11) is 0. The molecule has 1 aliphatic heterocycles. The van der Waals surface area contributed by atoms with Crippen LogP contribution < -0.4 is 0 Å². The fourth-order valence-electron chi connectivity index (χ4n) is 2.52. The lowest BCUT2D eigenvalue weighted by atomic mass is 9.98. The minimum atomic E-state index is -0.266. The van der Waals surface area contributed by atoms with Gasteiger partial charge >= 0.3 is 0 Å². The van der Waals surface area contributed by atoms with Gasteiger partial charge in [0.1, 0.15) is 17.3 Å². The molecule has 2 aromatic rings. The molecular formula is C21H18O5. The van der Waals surface area contributed by atoms with Gasteiger partial charge in [0.25, 0.3) is 0 Å². The Bertz CT molecular complexity index is 887. The van der Waals surface area contributed by atoms with Crippen molar-refractivity contribution in [2.75, 3.05) is 13.2 Å². The molecule has 1 aliphatic rings. The lowest BCUT2D eigenvalue weighted by molar-refractivity contribution is -0.114. The van der Waals surface area contributed by atoms with E-state index in [0.29, 0.717) is 5.57 Å². The number of aromatic hydroxyl groups is 2. The number of hydrogen-bond acceptors (Lipinski definition) is 5. The van der Waals surface area contributed by atoms with E-state index < -0.39 is 0 Å². The van der Waals surface area contributed by atoms with Crippen LogP contribution in [0.25, 0.3) is 12.2 Å². The molecule has 0 spiro atoms. The lowest BCUT2D eigenvalue weighted by Gasteiger charge is -2.17. The Labute approximate surface area is 150 Å². The lowest BCUT2D eigenvalue weighted by Crippen LogP contribution is -2.23. The topological polar surface area (TPSA) is 87.0 Å². The Hall–Kier alpha value is -3.31. The summed E-state index contributed by atoms with van der Waals surface area (Å²) in [6, 6.07) is 12.9. The molecule has 0 radical (unpaired) electrons. The Morgan fingerprint density at radius 2 is 1.46 bits per heavy atom. The molecule has 1 saturated heterocycles. The van der Waals surface area contributed by atoms with E-state index in [4.69, 9.17) is 4.74 Å². The second-order valence-corrected chi connectivity index (χ2v) is 5.87. The van der Waals surface area contributed by atoms with Gasteiger partial charge in [-0.2, -0.15) is 0 Å². The maximum atomic E-state index is 12.6. The fourth-order valence-corrected chi connectivity index (χ4v) is 2.52. The molecule has 0 saturated carbocycles. The third kappa shape index (κ3) is 4.20. The van der Waals surface area contributed by atoms with Gasteiger partial charge in [-0.05, 0) is 47.5 Å². The third-order valence-corrected chi connectivity index (χ3v) is 3.94. The van der Waals surface area contributed by atoms with E-state index in [1.807, 2.05) is 0 Å². The Morgan fingerprint density at radius 1 is 0.885 bits per heavy atom. The molecule has 2 aromatic carbocycles. The summed E-state index contributed by atoms with van der Waals surface area (Å²) >= 11 is 0. The number of ether oxygens (including phenoxy) is 1. The van der Waals surface area contributed by atoms with Gasteiger partial charge in [0.2, 0.25) is 0 Å². The van der Waals surface area contributed by atoms with E-state index in [1.54, 1.807) is 36.4 Å². The van der Waals surface area contributed by atoms with Crippen molar-refractivity contribution in [3.05, 3.63) is 82.6 Å². The first-order chi connectivity index (χ1) is 12.5. The zero-order chi connectivity index (χ0) is 18.5. The van der Waals surface area contributed by atoms with Crippen molar-refractivity contribution in [3.63, 3.8) is 0 Å². The Morgan fingerprint density at radius 3 is 2.08 bits per heavy atom. The number of benzene rings is 2. The number of aliphatic hydroxyl groups is 1. The van der Waals surface area contributed by atoms with Gasteiger partial charge in [0, 0.05) is 5.57 Å². The van der Waals surface area contributed by atoms with E-state index in [9.17, 15) is 20.1 Å². The SMILES string of the molecule is O=C1/C(=C(O)/C=C/c2ccc(O)cc2)COC/C1=C\c1ccc(O)cc1. The second-order valence-electron chi connectivity index (χ2n) is 5.87. The van der Waals surface area contributed by atoms with Crippen LogP contribution in [0.15, 0.2) is 71.5 Å². The summed E-state index contributed by atoms with van der Waals surface area (Å²) < 4.78 is 5.43. The first kappa shape index (κ1) is 17.5. The average molecular weight is 350 g/mol. The zero-order valence-corrected chi connectivity index (χ0v) is 13.9. The van der Waals surface area contributed by atoms with Crippen molar-refractivity contribution in [2.45, 2.75) is 0 Å². The van der Waals surface area contributed by atoms with Crippen LogP contribution in [0, 0.1) is 0 Å². The van der Waals surface area contributed by atoms with Crippen LogP contribution in [0.2, 0.25) is 0 Å². The Balaban J connectivity index is 1.82. The van der Waals surface area contributed by atoms with E-state index in [1.165, 1.54) is 30.3 Å². The number of phenolic OH excluding ortho intramolecular Hbond substituents is 2. The monoisotopic (exact) mass is 350 g/mol. The minimum Gasteiger partial charge on any atom is -0.508 e. The van der Waals surface area contributed by atoms with Crippen LogP contribution in [0.4, 0.5) is 0 Å². The molecule has 0 bridgehead atoms. The highest BCUT2D eigenvalue weighted by Gasteiger charge is 2.24. The molecule has 0 atom stereocenters. The zero-order valence-electron chi connectivity index (χ0n) is 13.9. The summed E-state index contributed by atoms with van der Waals surface area (Å²) in [5.41, 5.74) is 2.16. The van der Waals surface area contributed by atoms with E-state index in [-0.39, 0.29) is 41.8 Å². The number of Topliss-reactive ketones (excluding diaryl/α,β-unsaturated/α-hetero) is 1. The third-order valence-electron chi connectivity index (χ3n) is 3.94.